The SMILES string of the molecule is CC1=CC(C)(C)N([C@@H](C(=O)NN)C(C)C)c2ccc(C)cc21. The van der Waals surface area contributed by atoms with Crippen LogP contribution in [0.15, 0.2) is 24.3 Å². The van der Waals surface area contributed by atoms with E-state index in [1.807, 2.05) is 0 Å². The maximum Gasteiger partial charge on any atom is 0.256 e. The summed E-state index contributed by atoms with van der Waals surface area (Å²) in [6.07, 6.45) is 2.23. The highest BCUT2D eigenvalue weighted by molar-refractivity contribution is 5.90. The third-order valence-corrected chi connectivity index (χ3v) is 4.35. The molecule has 1 atom stereocenters. The molecular weight excluding hydrogens is 274 g/mol. The van der Waals surface area contributed by atoms with Crippen molar-refractivity contribution in [3.63, 3.8) is 0 Å². The summed E-state index contributed by atoms with van der Waals surface area (Å²) in [5.41, 5.74) is 6.83. The predicted molar refractivity (Wildman–Crippen MR) is 92.3 cm³/mol. The molecule has 1 aromatic rings. The van der Waals surface area contributed by atoms with Gasteiger partial charge in [0.25, 0.3) is 5.91 Å². The van der Waals surface area contributed by atoms with Crippen molar-refractivity contribution in [2.45, 2.75) is 53.1 Å². The van der Waals surface area contributed by atoms with Crippen LogP contribution in [0.25, 0.3) is 5.57 Å². The number of nitrogens with two attached hydrogens (primary N) is 1. The van der Waals surface area contributed by atoms with Crippen molar-refractivity contribution in [3.05, 3.63) is 35.4 Å². The van der Waals surface area contributed by atoms with Crippen LogP contribution in [0.1, 0.15) is 45.7 Å². The molecule has 120 valence electrons. The van der Waals surface area contributed by atoms with Crippen LogP contribution >= 0.6 is 0 Å². The van der Waals surface area contributed by atoms with Crippen molar-refractivity contribution >= 4 is 17.2 Å². The van der Waals surface area contributed by atoms with E-state index in [4.69, 9.17) is 5.84 Å². The van der Waals surface area contributed by atoms with E-state index in [0.717, 1.165) is 5.69 Å². The van der Waals surface area contributed by atoms with Crippen molar-refractivity contribution in [2.24, 2.45) is 11.8 Å². The molecule has 0 radical (unpaired) electrons. The first-order chi connectivity index (χ1) is 10.2. The van der Waals surface area contributed by atoms with Gasteiger partial charge in [-0.1, -0.05) is 31.6 Å². The van der Waals surface area contributed by atoms with E-state index in [1.54, 1.807) is 0 Å². The number of nitrogens with zero attached hydrogens (tertiary/aromatic N) is 1. The number of fused-ring (bicyclic) bond motifs is 1. The summed E-state index contributed by atoms with van der Waals surface area (Å²) in [6, 6.07) is 6.08. The summed E-state index contributed by atoms with van der Waals surface area (Å²) in [7, 11) is 0. The zero-order valence-electron chi connectivity index (χ0n) is 14.4. The minimum absolute atomic E-state index is 0.142. The molecule has 4 nitrogen and oxygen atoms in total. The molecule has 0 aliphatic carbocycles. The molecule has 3 N–H and O–H groups in total. The second-order valence-electron chi connectivity index (χ2n) is 7.07. The van der Waals surface area contributed by atoms with E-state index in [9.17, 15) is 4.79 Å². The zero-order chi connectivity index (χ0) is 16.7. The van der Waals surface area contributed by atoms with E-state index >= 15 is 0 Å². The molecule has 1 aliphatic heterocycles. The van der Waals surface area contributed by atoms with Gasteiger partial charge in [-0.15, -0.1) is 0 Å². The zero-order valence-corrected chi connectivity index (χ0v) is 14.4. The molecule has 0 aromatic heterocycles. The van der Waals surface area contributed by atoms with Gasteiger partial charge in [0, 0.05) is 11.3 Å². The van der Waals surface area contributed by atoms with Gasteiger partial charge in [0.2, 0.25) is 0 Å². The molecule has 22 heavy (non-hydrogen) atoms. The van der Waals surface area contributed by atoms with E-state index < -0.39 is 0 Å². The van der Waals surface area contributed by atoms with E-state index in [2.05, 4.69) is 76.1 Å². The molecule has 0 unspecified atom stereocenters. The molecule has 1 heterocycles. The number of carbonyl (C=O) groups excluding carboxylic acids is 1. The van der Waals surface area contributed by atoms with E-state index in [1.165, 1.54) is 16.7 Å². The molecule has 1 aliphatic rings. The van der Waals surface area contributed by atoms with Crippen molar-refractivity contribution in [3.8, 4) is 0 Å². The Bertz CT molecular complexity index is 617. The van der Waals surface area contributed by atoms with Crippen molar-refractivity contribution in [2.75, 3.05) is 4.90 Å². The van der Waals surface area contributed by atoms with Gasteiger partial charge in [-0.3, -0.25) is 10.2 Å². The number of carbonyl (C=O) groups is 1. The fourth-order valence-corrected chi connectivity index (χ4v) is 3.48. The van der Waals surface area contributed by atoms with Crippen LogP contribution in [0.2, 0.25) is 0 Å². The number of aryl methyl sites for hydroxylation is 1. The summed E-state index contributed by atoms with van der Waals surface area (Å²) in [5, 5.41) is 0. The molecule has 0 saturated carbocycles. The van der Waals surface area contributed by atoms with Crippen LogP contribution < -0.4 is 16.2 Å². The Morgan fingerprint density at radius 3 is 2.45 bits per heavy atom. The number of hydrogen-bond acceptors (Lipinski definition) is 3. The van der Waals surface area contributed by atoms with Crippen molar-refractivity contribution in [1.82, 2.24) is 5.43 Å². The number of hydrazine groups is 1. The quantitative estimate of drug-likeness (QED) is 0.512. The lowest BCUT2D eigenvalue weighted by Crippen LogP contribution is -2.59. The van der Waals surface area contributed by atoms with Crippen molar-refractivity contribution in [1.29, 1.82) is 0 Å². The highest BCUT2D eigenvalue weighted by Crippen LogP contribution is 2.41. The van der Waals surface area contributed by atoms with Crippen LogP contribution in [0.3, 0.4) is 0 Å². The number of rotatable bonds is 3. The second kappa shape index (κ2) is 5.76. The minimum atomic E-state index is -0.314. The Morgan fingerprint density at radius 1 is 1.27 bits per heavy atom. The Morgan fingerprint density at radius 2 is 1.91 bits per heavy atom. The monoisotopic (exact) mass is 301 g/mol. The van der Waals surface area contributed by atoms with Crippen LogP contribution in [0.5, 0.6) is 0 Å². The number of benzene rings is 1. The highest BCUT2D eigenvalue weighted by atomic mass is 16.2. The molecule has 4 heteroatoms. The lowest BCUT2D eigenvalue weighted by atomic mass is 9.84. The van der Waals surface area contributed by atoms with E-state index in [-0.39, 0.29) is 23.4 Å². The fourth-order valence-electron chi connectivity index (χ4n) is 3.48. The average molecular weight is 301 g/mol. The van der Waals surface area contributed by atoms with Gasteiger partial charge in [-0.2, -0.15) is 0 Å². The number of amides is 1. The van der Waals surface area contributed by atoms with E-state index in [0.29, 0.717) is 0 Å². The Hall–Kier alpha value is -1.81. The summed E-state index contributed by atoms with van der Waals surface area (Å²) >= 11 is 0. The third-order valence-electron chi connectivity index (χ3n) is 4.35. The number of nitrogens with one attached hydrogen (secondary N) is 1. The molecular formula is C18H27N3O. The van der Waals surface area contributed by atoms with Gasteiger partial charge in [-0.25, -0.2) is 5.84 Å². The third kappa shape index (κ3) is 2.75. The van der Waals surface area contributed by atoms with Crippen LogP contribution in [-0.4, -0.2) is 17.5 Å². The summed E-state index contributed by atoms with van der Waals surface area (Å²) in [4.78, 5) is 14.6. The number of allylic oxidation sites excluding steroid dienone is 1. The first kappa shape index (κ1) is 16.6. The average Bonchev–Trinajstić information content (AvgIpc) is 2.42. The van der Waals surface area contributed by atoms with Gasteiger partial charge in [0.05, 0.1) is 5.54 Å². The van der Waals surface area contributed by atoms with Gasteiger partial charge < -0.3 is 4.90 Å². The Kier molecular flexibility index (Phi) is 4.34. The molecule has 0 spiro atoms. The molecule has 1 aromatic carbocycles. The lowest BCUT2D eigenvalue weighted by Gasteiger charge is -2.48. The maximum atomic E-state index is 12.4. The van der Waals surface area contributed by atoms with Crippen molar-refractivity contribution < 1.29 is 4.79 Å². The molecule has 2 rings (SSSR count). The summed E-state index contributed by atoms with van der Waals surface area (Å²) in [5.74, 6) is 5.43. The first-order valence-corrected chi connectivity index (χ1v) is 7.79. The highest BCUT2D eigenvalue weighted by Gasteiger charge is 2.40. The predicted octanol–water partition coefficient (Wildman–Crippen LogP) is 3.01. The summed E-state index contributed by atoms with van der Waals surface area (Å²) in [6.45, 7) is 12.6. The standard InChI is InChI=1S/C18H27N3O/c1-11(2)16(17(22)20-19)21-15-8-7-12(3)9-14(15)13(4)10-18(21,5)6/h7-11,16H,19H2,1-6H3,(H,20,22)/t16-/m1/s1. The van der Waals surface area contributed by atoms with Gasteiger partial charge in [0.1, 0.15) is 6.04 Å². The van der Waals surface area contributed by atoms with Gasteiger partial charge >= 0.3 is 0 Å². The van der Waals surface area contributed by atoms with Gasteiger partial charge in [-0.05, 0) is 51.3 Å². The minimum Gasteiger partial charge on any atom is -0.350 e. The van der Waals surface area contributed by atoms with Crippen LogP contribution in [0, 0.1) is 12.8 Å². The molecule has 1 amide bonds. The van der Waals surface area contributed by atoms with Crippen LogP contribution in [-0.2, 0) is 4.79 Å². The molecule has 0 fully saturated rings. The Labute approximate surface area is 133 Å². The lowest BCUT2D eigenvalue weighted by molar-refractivity contribution is -0.123. The second-order valence-corrected chi connectivity index (χ2v) is 7.07. The molecule has 0 saturated heterocycles. The normalized spacial score (nSPS) is 17.8. The maximum absolute atomic E-state index is 12.4. The largest absolute Gasteiger partial charge is 0.350 e. The number of hydrogen-bond donors (Lipinski definition) is 2. The van der Waals surface area contributed by atoms with Gasteiger partial charge in [0.15, 0.2) is 0 Å². The Balaban J connectivity index is 2.65. The number of anilines is 1. The topological polar surface area (TPSA) is 58.4 Å². The summed E-state index contributed by atoms with van der Waals surface area (Å²) < 4.78 is 0. The van der Waals surface area contributed by atoms with Crippen LogP contribution in [0.4, 0.5) is 5.69 Å². The molecule has 0 bridgehead atoms. The fraction of sp³-hybridized carbons (Fsp3) is 0.500. The first-order valence-electron chi connectivity index (χ1n) is 7.79. The smallest absolute Gasteiger partial charge is 0.256 e.